The molecule has 2 aromatic rings. The van der Waals surface area contributed by atoms with Gasteiger partial charge in [0.15, 0.2) is 0 Å². The van der Waals surface area contributed by atoms with Gasteiger partial charge in [-0.1, -0.05) is 6.07 Å². The van der Waals surface area contributed by atoms with Crippen LogP contribution in [0.15, 0.2) is 30.7 Å². The van der Waals surface area contributed by atoms with Crippen molar-refractivity contribution in [3.05, 3.63) is 52.2 Å². The predicted molar refractivity (Wildman–Crippen MR) is 73.3 cm³/mol. The van der Waals surface area contributed by atoms with Crippen LogP contribution >= 0.6 is 0 Å². The number of halogens is 1. The third-order valence-electron chi connectivity index (χ3n) is 2.88. The smallest absolute Gasteiger partial charge is 0.358 e. The minimum Gasteiger partial charge on any atom is -0.358 e. The molecule has 0 atom stereocenters. The molecule has 21 heavy (non-hydrogen) atoms. The zero-order chi connectivity index (χ0) is 15.4. The van der Waals surface area contributed by atoms with Gasteiger partial charge in [0.25, 0.3) is 0 Å². The minimum atomic E-state index is -0.604. The van der Waals surface area contributed by atoms with Crippen molar-refractivity contribution in [1.82, 2.24) is 9.55 Å². The second-order valence-corrected chi connectivity index (χ2v) is 4.48. The lowest BCUT2D eigenvalue weighted by Gasteiger charge is -2.08. The second-order valence-electron chi connectivity index (χ2n) is 4.48. The SMILES string of the molecule is Cc1ccc(F)cc1NC(=O)CCn1cnc([N+](=O)[O-])c1. The van der Waals surface area contributed by atoms with Crippen LogP contribution in [0.5, 0.6) is 0 Å². The second kappa shape index (κ2) is 6.12. The van der Waals surface area contributed by atoms with E-state index in [1.807, 2.05) is 0 Å². The number of amides is 1. The molecule has 1 amide bonds. The molecule has 0 saturated carbocycles. The Kier molecular flexibility index (Phi) is 4.27. The standard InChI is InChI=1S/C13H13FN4O3/c1-9-2-3-10(14)6-11(9)16-13(19)4-5-17-7-12(15-8-17)18(20)21/h2-3,6-8H,4-5H2,1H3,(H,16,19). The van der Waals surface area contributed by atoms with E-state index >= 15 is 0 Å². The number of rotatable bonds is 5. The molecule has 0 unspecified atom stereocenters. The molecule has 0 aliphatic carbocycles. The summed E-state index contributed by atoms with van der Waals surface area (Å²) < 4.78 is 14.6. The topological polar surface area (TPSA) is 90.1 Å². The van der Waals surface area contributed by atoms with Crippen molar-refractivity contribution in [3.8, 4) is 0 Å². The Balaban J connectivity index is 1.92. The van der Waals surface area contributed by atoms with Crippen LogP contribution in [-0.2, 0) is 11.3 Å². The maximum absolute atomic E-state index is 13.1. The molecule has 0 saturated heterocycles. The van der Waals surface area contributed by atoms with Crippen molar-refractivity contribution < 1.29 is 14.1 Å². The number of hydrogen-bond donors (Lipinski definition) is 1. The summed E-state index contributed by atoms with van der Waals surface area (Å²) in [5, 5.41) is 13.1. The lowest BCUT2D eigenvalue weighted by Crippen LogP contribution is -2.14. The summed E-state index contributed by atoms with van der Waals surface area (Å²) in [4.78, 5) is 25.2. The minimum absolute atomic E-state index is 0.101. The summed E-state index contributed by atoms with van der Waals surface area (Å²) in [6.45, 7) is 2.01. The van der Waals surface area contributed by atoms with Crippen molar-refractivity contribution in [2.45, 2.75) is 19.9 Å². The summed E-state index contributed by atoms with van der Waals surface area (Å²) in [5.41, 5.74) is 1.17. The lowest BCUT2D eigenvalue weighted by atomic mass is 10.2. The van der Waals surface area contributed by atoms with E-state index in [0.29, 0.717) is 5.69 Å². The molecule has 0 aliphatic rings. The van der Waals surface area contributed by atoms with Crippen molar-refractivity contribution in [2.24, 2.45) is 0 Å². The van der Waals surface area contributed by atoms with E-state index in [2.05, 4.69) is 10.3 Å². The fourth-order valence-electron chi connectivity index (χ4n) is 1.74. The molecular formula is C13H13FN4O3. The Labute approximate surface area is 119 Å². The molecule has 8 heteroatoms. The Bertz CT molecular complexity index is 684. The van der Waals surface area contributed by atoms with Gasteiger partial charge in [-0.3, -0.25) is 4.79 Å². The van der Waals surface area contributed by atoms with E-state index in [-0.39, 0.29) is 24.7 Å². The molecule has 110 valence electrons. The summed E-state index contributed by atoms with van der Waals surface area (Å²) in [6, 6.07) is 4.13. The molecule has 1 aromatic heterocycles. The van der Waals surface area contributed by atoms with Gasteiger partial charge in [-0.2, -0.15) is 0 Å². The summed E-state index contributed by atoms with van der Waals surface area (Å²) in [5.74, 6) is -1.00. The Morgan fingerprint density at radius 1 is 1.52 bits per heavy atom. The van der Waals surface area contributed by atoms with Crippen LogP contribution in [0.2, 0.25) is 0 Å². The van der Waals surface area contributed by atoms with E-state index in [1.54, 1.807) is 13.0 Å². The average Bonchev–Trinajstić information content (AvgIpc) is 2.90. The molecule has 0 bridgehead atoms. The van der Waals surface area contributed by atoms with E-state index < -0.39 is 10.7 Å². The monoisotopic (exact) mass is 292 g/mol. The molecule has 1 N–H and O–H groups in total. The number of anilines is 1. The Morgan fingerprint density at radius 3 is 2.95 bits per heavy atom. The normalized spacial score (nSPS) is 10.4. The van der Waals surface area contributed by atoms with Crippen LogP contribution in [0.4, 0.5) is 15.9 Å². The van der Waals surface area contributed by atoms with Gasteiger partial charge >= 0.3 is 5.82 Å². The van der Waals surface area contributed by atoms with E-state index in [9.17, 15) is 19.3 Å². The maximum Gasteiger partial charge on any atom is 0.381 e. The third kappa shape index (κ3) is 3.85. The van der Waals surface area contributed by atoms with Crippen LogP contribution in [0, 0.1) is 22.9 Å². The molecule has 0 spiro atoms. The number of nitrogens with zero attached hydrogens (tertiary/aromatic N) is 3. The van der Waals surface area contributed by atoms with Gasteiger partial charge in [-0.05, 0) is 34.5 Å². The number of nitro groups is 1. The molecular weight excluding hydrogens is 279 g/mol. The maximum atomic E-state index is 13.1. The zero-order valence-corrected chi connectivity index (χ0v) is 11.2. The number of carbonyl (C=O) groups is 1. The first-order valence-corrected chi connectivity index (χ1v) is 6.18. The van der Waals surface area contributed by atoms with Crippen LogP contribution in [0.1, 0.15) is 12.0 Å². The number of imidazole rings is 1. The van der Waals surface area contributed by atoms with Crippen molar-refractivity contribution >= 4 is 17.4 Å². The van der Waals surface area contributed by atoms with Crippen LogP contribution in [-0.4, -0.2) is 20.4 Å². The number of hydrogen-bond acceptors (Lipinski definition) is 4. The van der Waals surface area contributed by atoms with Gasteiger partial charge in [-0.15, -0.1) is 0 Å². The van der Waals surface area contributed by atoms with Crippen molar-refractivity contribution in [3.63, 3.8) is 0 Å². The highest BCUT2D eigenvalue weighted by Crippen LogP contribution is 2.16. The third-order valence-corrected chi connectivity index (χ3v) is 2.88. The van der Waals surface area contributed by atoms with Gasteiger partial charge in [0.1, 0.15) is 12.0 Å². The summed E-state index contributed by atoms with van der Waals surface area (Å²) in [7, 11) is 0. The van der Waals surface area contributed by atoms with Gasteiger partial charge in [0.2, 0.25) is 12.2 Å². The number of benzene rings is 1. The van der Waals surface area contributed by atoms with Crippen LogP contribution < -0.4 is 5.32 Å². The highest BCUT2D eigenvalue weighted by Gasteiger charge is 2.11. The quantitative estimate of drug-likeness (QED) is 0.676. The predicted octanol–water partition coefficient (Wildman–Crippen LogP) is 2.27. The van der Waals surface area contributed by atoms with Gasteiger partial charge < -0.3 is 20.0 Å². The average molecular weight is 292 g/mol. The largest absolute Gasteiger partial charge is 0.381 e. The highest BCUT2D eigenvalue weighted by atomic mass is 19.1. The van der Waals surface area contributed by atoms with E-state index in [1.165, 1.54) is 29.2 Å². The van der Waals surface area contributed by atoms with Gasteiger partial charge in [0, 0.05) is 18.7 Å². The molecule has 0 radical (unpaired) electrons. The fraction of sp³-hybridized carbons (Fsp3) is 0.231. The molecule has 2 rings (SSSR count). The first-order valence-electron chi connectivity index (χ1n) is 6.18. The van der Waals surface area contributed by atoms with Crippen molar-refractivity contribution in [1.29, 1.82) is 0 Å². The number of nitrogens with one attached hydrogen (secondary N) is 1. The fourth-order valence-corrected chi connectivity index (χ4v) is 1.74. The van der Waals surface area contributed by atoms with E-state index in [0.717, 1.165) is 5.56 Å². The van der Waals surface area contributed by atoms with E-state index in [4.69, 9.17) is 0 Å². The molecule has 0 aliphatic heterocycles. The van der Waals surface area contributed by atoms with Gasteiger partial charge in [0.05, 0.1) is 0 Å². The number of carbonyl (C=O) groups excluding carboxylic acids is 1. The number of aryl methyl sites for hydroxylation is 2. The molecule has 0 fully saturated rings. The Morgan fingerprint density at radius 2 is 2.29 bits per heavy atom. The molecule has 1 heterocycles. The number of aromatic nitrogens is 2. The van der Waals surface area contributed by atoms with Crippen LogP contribution in [0.25, 0.3) is 0 Å². The molecule has 1 aromatic carbocycles. The van der Waals surface area contributed by atoms with Crippen molar-refractivity contribution in [2.75, 3.05) is 5.32 Å². The Hall–Kier alpha value is -2.77. The van der Waals surface area contributed by atoms with Gasteiger partial charge in [-0.25, -0.2) is 4.39 Å². The first kappa shape index (κ1) is 14.6. The summed E-state index contributed by atoms with van der Waals surface area (Å²) >= 11 is 0. The first-order chi connectivity index (χ1) is 9.95. The molecule has 7 nitrogen and oxygen atoms in total. The summed E-state index contributed by atoms with van der Waals surface area (Å²) in [6.07, 6.45) is 2.64. The van der Waals surface area contributed by atoms with Crippen LogP contribution in [0.3, 0.4) is 0 Å². The lowest BCUT2D eigenvalue weighted by molar-refractivity contribution is -0.389. The zero-order valence-electron chi connectivity index (χ0n) is 11.2. The highest BCUT2D eigenvalue weighted by molar-refractivity contribution is 5.91.